The Balaban J connectivity index is 1.28. The molecule has 0 spiro atoms. The van der Waals surface area contributed by atoms with Crippen LogP contribution < -0.4 is 0 Å². The van der Waals surface area contributed by atoms with Crippen molar-refractivity contribution in [3.05, 3.63) is 101 Å². The summed E-state index contributed by atoms with van der Waals surface area (Å²) in [5.41, 5.74) is 4.18. The minimum absolute atomic E-state index is 0.0746. The molecule has 2 aromatic heterocycles. The standard InChI is InChI=1S/C26H24FN3O2/c27-22-9-3-1-6-18(22)14-20-7-5-11-24(29-20)25-17-30(12-13-32-25)26(31)15-19-16-28-23-10-4-2-8-21(19)23/h1-11,16,25,28H,12-15,17H2. The largest absolute Gasteiger partial charge is 0.368 e. The van der Waals surface area contributed by atoms with Gasteiger partial charge in [0.1, 0.15) is 11.9 Å². The molecule has 1 aliphatic heterocycles. The third-order valence-corrected chi connectivity index (χ3v) is 5.92. The summed E-state index contributed by atoms with van der Waals surface area (Å²) in [5.74, 6) is -0.159. The van der Waals surface area contributed by atoms with E-state index >= 15 is 0 Å². The van der Waals surface area contributed by atoms with Crippen LogP contribution in [0.5, 0.6) is 0 Å². The first-order chi connectivity index (χ1) is 15.7. The molecule has 1 atom stereocenters. The van der Waals surface area contributed by atoms with Crippen molar-refractivity contribution >= 4 is 16.8 Å². The van der Waals surface area contributed by atoms with E-state index in [0.29, 0.717) is 38.1 Å². The van der Waals surface area contributed by atoms with E-state index in [1.165, 1.54) is 6.07 Å². The maximum absolute atomic E-state index is 14.0. The van der Waals surface area contributed by atoms with E-state index in [2.05, 4.69) is 4.98 Å². The molecule has 1 aliphatic rings. The summed E-state index contributed by atoms with van der Waals surface area (Å²) in [4.78, 5) is 22.8. The van der Waals surface area contributed by atoms with Crippen LogP contribution in [0.2, 0.25) is 0 Å². The summed E-state index contributed by atoms with van der Waals surface area (Å²) in [6.07, 6.45) is 2.37. The number of H-pyrrole nitrogens is 1. The number of hydrogen-bond donors (Lipinski definition) is 1. The predicted molar refractivity (Wildman–Crippen MR) is 121 cm³/mol. The molecule has 5 nitrogen and oxygen atoms in total. The molecule has 4 aromatic rings. The maximum atomic E-state index is 14.0. The minimum atomic E-state index is -0.295. The number of nitrogens with one attached hydrogen (secondary N) is 1. The zero-order chi connectivity index (χ0) is 21.9. The highest BCUT2D eigenvalue weighted by Crippen LogP contribution is 2.24. The van der Waals surface area contributed by atoms with Gasteiger partial charge in [0.15, 0.2) is 0 Å². The van der Waals surface area contributed by atoms with Gasteiger partial charge in [-0.3, -0.25) is 9.78 Å². The number of pyridine rings is 1. The first-order valence-electron chi connectivity index (χ1n) is 10.8. The maximum Gasteiger partial charge on any atom is 0.227 e. The van der Waals surface area contributed by atoms with E-state index in [1.54, 1.807) is 12.1 Å². The van der Waals surface area contributed by atoms with Gasteiger partial charge in [-0.1, -0.05) is 42.5 Å². The number of fused-ring (bicyclic) bond motifs is 1. The monoisotopic (exact) mass is 429 g/mol. The average Bonchev–Trinajstić information content (AvgIpc) is 3.24. The topological polar surface area (TPSA) is 58.2 Å². The fourth-order valence-corrected chi connectivity index (χ4v) is 4.22. The number of aromatic nitrogens is 2. The molecule has 2 aromatic carbocycles. The zero-order valence-corrected chi connectivity index (χ0v) is 17.6. The number of hydrogen-bond acceptors (Lipinski definition) is 3. The van der Waals surface area contributed by atoms with Crippen LogP contribution in [0.4, 0.5) is 4.39 Å². The van der Waals surface area contributed by atoms with Crippen molar-refractivity contribution in [1.82, 2.24) is 14.9 Å². The van der Waals surface area contributed by atoms with E-state index in [0.717, 1.165) is 27.9 Å². The zero-order valence-electron chi connectivity index (χ0n) is 17.6. The predicted octanol–water partition coefficient (Wildman–Crippen LogP) is 4.44. The third-order valence-electron chi connectivity index (χ3n) is 5.92. The highest BCUT2D eigenvalue weighted by molar-refractivity contribution is 5.88. The van der Waals surface area contributed by atoms with Gasteiger partial charge in [0, 0.05) is 35.8 Å². The van der Waals surface area contributed by atoms with E-state index in [4.69, 9.17) is 9.72 Å². The van der Waals surface area contributed by atoms with Crippen molar-refractivity contribution < 1.29 is 13.9 Å². The molecule has 1 N–H and O–H groups in total. The van der Waals surface area contributed by atoms with E-state index < -0.39 is 0 Å². The van der Waals surface area contributed by atoms with Crippen molar-refractivity contribution in [2.45, 2.75) is 18.9 Å². The van der Waals surface area contributed by atoms with Crippen LogP contribution in [-0.4, -0.2) is 40.5 Å². The molecule has 1 unspecified atom stereocenters. The van der Waals surface area contributed by atoms with Crippen LogP contribution in [0, 0.1) is 5.82 Å². The van der Waals surface area contributed by atoms with Crippen molar-refractivity contribution in [3.8, 4) is 0 Å². The Morgan fingerprint density at radius 2 is 1.91 bits per heavy atom. The van der Waals surface area contributed by atoms with Crippen LogP contribution in [-0.2, 0) is 22.4 Å². The Kier molecular flexibility index (Phi) is 5.69. The van der Waals surface area contributed by atoms with Crippen LogP contribution in [0.3, 0.4) is 0 Å². The second kappa shape index (κ2) is 8.93. The lowest BCUT2D eigenvalue weighted by atomic mass is 10.1. The smallest absolute Gasteiger partial charge is 0.227 e. The molecule has 5 rings (SSSR count). The molecular weight excluding hydrogens is 405 g/mol. The number of rotatable bonds is 5. The van der Waals surface area contributed by atoms with Gasteiger partial charge in [-0.25, -0.2) is 4.39 Å². The molecule has 1 amide bonds. The second-order valence-corrected chi connectivity index (χ2v) is 8.06. The fourth-order valence-electron chi connectivity index (χ4n) is 4.22. The van der Waals surface area contributed by atoms with Gasteiger partial charge in [-0.15, -0.1) is 0 Å². The third kappa shape index (κ3) is 4.27. The first kappa shape index (κ1) is 20.4. The van der Waals surface area contributed by atoms with E-state index in [9.17, 15) is 9.18 Å². The van der Waals surface area contributed by atoms with Crippen molar-refractivity contribution in [1.29, 1.82) is 0 Å². The van der Waals surface area contributed by atoms with Crippen molar-refractivity contribution in [2.75, 3.05) is 19.7 Å². The van der Waals surface area contributed by atoms with Crippen LogP contribution in [0.25, 0.3) is 10.9 Å². The number of carbonyl (C=O) groups excluding carboxylic acids is 1. The van der Waals surface area contributed by atoms with Gasteiger partial charge >= 0.3 is 0 Å². The van der Waals surface area contributed by atoms with Crippen LogP contribution >= 0.6 is 0 Å². The molecule has 0 saturated carbocycles. The highest BCUT2D eigenvalue weighted by atomic mass is 19.1. The van der Waals surface area contributed by atoms with Crippen molar-refractivity contribution in [3.63, 3.8) is 0 Å². The lowest BCUT2D eigenvalue weighted by Crippen LogP contribution is -2.43. The molecule has 0 radical (unpaired) electrons. The number of carbonyl (C=O) groups is 1. The number of morpholine rings is 1. The lowest BCUT2D eigenvalue weighted by molar-refractivity contribution is -0.138. The SMILES string of the molecule is O=C(Cc1c[nH]c2ccccc12)N1CCOC(c2cccc(Cc3ccccc3F)n2)C1. The molecule has 1 saturated heterocycles. The molecular formula is C26H24FN3O2. The first-order valence-corrected chi connectivity index (χ1v) is 10.8. The second-order valence-electron chi connectivity index (χ2n) is 8.06. The minimum Gasteiger partial charge on any atom is -0.368 e. The Hall–Kier alpha value is -3.51. The van der Waals surface area contributed by atoms with E-state index in [1.807, 2.05) is 59.6 Å². The Morgan fingerprint density at radius 1 is 1.06 bits per heavy atom. The van der Waals surface area contributed by atoms with Gasteiger partial charge < -0.3 is 14.6 Å². The highest BCUT2D eigenvalue weighted by Gasteiger charge is 2.27. The summed E-state index contributed by atoms with van der Waals surface area (Å²) < 4.78 is 20.0. The van der Waals surface area contributed by atoms with Gasteiger partial charge in [-0.05, 0) is 35.4 Å². The molecule has 0 bridgehead atoms. The van der Waals surface area contributed by atoms with Crippen LogP contribution in [0.1, 0.15) is 28.6 Å². The van der Waals surface area contributed by atoms with E-state index in [-0.39, 0.29) is 17.8 Å². The summed E-state index contributed by atoms with van der Waals surface area (Å²) >= 11 is 0. The number of halogens is 1. The summed E-state index contributed by atoms with van der Waals surface area (Å²) in [7, 11) is 0. The summed E-state index contributed by atoms with van der Waals surface area (Å²) in [5, 5.41) is 1.08. The number of aromatic amines is 1. The lowest BCUT2D eigenvalue weighted by Gasteiger charge is -2.33. The Labute approximate surface area is 185 Å². The number of benzene rings is 2. The number of nitrogens with zero attached hydrogens (tertiary/aromatic N) is 2. The van der Waals surface area contributed by atoms with Gasteiger partial charge in [-0.2, -0.15) is 0 Å². The number of para-hydroxylation sites is 1. The molecule has 0 aliphatic carbocycles. The number of ether oxygens (including phenoxy) is 1. The van der Waals surface area contributed by atoms with Gasteiger partial charge in [0.05, 0.1) is 25.3 Å². The quantitative estimate of drug-likeness (QED) is 0.510. The van der Waals surface area contributed by atoms with Gasteiger partial charge in [0.2, 0.25) is 5.91 Å². The summed E-state index contributed by atoms with van der Waals surface area (Å²) in [6.45, 7) is 1.48. The molecule has 1 fully saturated rings. The normalized spacial score (nSPS) is 16.4. The molecule has 32 heavy (non-hydrogen) atoms. The van der Waals surface area contributed by atoms with Gasteiger partial charge in [0.25, 0.3) is 0 Å². The van der Waals surface area contributed by atoms with Crippen LogP contribution in [0.15, 0.2) is 72.9 Å². The summed E-state index contributed by atoms with van der Waals surface area (Å²) in [6, 6.07) is 20.4. The number of amides is 1. The average molecular weight is 429 g/mol. The Morgan fingerprint density at radius 3 is 2.81 bits per heavy atom. The molecule has 6 heteroatoms. The molecule has 3 heterocycles. The fraction of sp³-hybridized carbons (Fsp3) is 0.231. The molecule has 162 valence electrons. The van der Waals surface area contributed by atoms with Crippen molar-refractivity contribution in [2.24, 2.45) is 0 Å². The Bertz CT molecular complexity index is 1250.